The van der Waals surface area contributed by atoms with Crippen molar-refractivity contribution in [2.75, 3.05) is 19.6 Å². The Labute approximate surface area is 160 Å². The van der Waals surface area contributed by atoms with Crippen molar-refractivity contribution in [2.24, 2.45) is 11.1 Å². The van der Waals surface area contributed by atoms with Crippen LogP contribution in [0.15, 0.2) is 24.3 Å². The number of likely N-dealkylation sites (tertiary alicyclic amines) is 1. The molecule has 0 bridgehead atoms. The third kappa shape index (κ3) is 4.86. The van der Waals surface area contributed by atoms with Crippen LogP contribution in [-0.4, -0.2) is 42.4 Å². The van der Waals surface area contributed by atoms with Gasteiger partial charge < -0.3 is 16.0 Å². The lowest BCUT2D eigenvalue weighted by Crippen LogP contribution is -2.48. The Bertz CT molecular complexity index is 665. The fourth-order valence-corrected chi connectivity index (χ4v) is 4.41. The maximum atomic E-state index is 13.8. The summed E-state index contributed by atoms with van der Waals surface area (Å²) in [6.07, 6.45) is 7.50. The quantitative estimate of drug-likeness (QED) is 0.831. The van der Waals surface area contributed by atoms with Crippen LogP contribution in [0.3, 0.4) is 0 Å². The summed E-state index contributed by atoms with van der Waals surface area (Å²) in [5.41, 5.74) is 6.06. The zero-order valence-electron chi connectivity index (χ0n) is 15.9. The molecule has 0 unspecified atom stereocenters. The molecular weight excluding hydrogens is 345 g/mol. The molecule has 0 spiro atoms. The maximum absolute atomic E-state index is 13.8. The number of nitrogens with one attached hydrogen (secondary N) is 1. The molecule has 1 aromatic rings. The summed E-state index contributed by atoms with van der Waals surface area (Å²) in [6.45, 7) is 1.62. The van der Waals surface area contributed by atoms with Gasteiger partial charge in [0.1, 0.15) is 5.82 Å². The largest absolute Gasteiger partial charge is 0.353 e. The van der Waals surface area contributed by atoms with Crippen LogP contribution in [0.1, 0.15) is 61.7 Å². The third-order valence-corrected chi connectivity index (χ3v) is 6.13. The first-order chi connectivity index (χ1) is 13.0. The first-order valence-electron chi connectivity index (χ1n) is 10.1. The Morgan fingerprint density at radius 2 is 1.81 bits per heavy atom. The Morgan fingerprint density at radius 1 is 1.15 bits per heavy atom. The minimum Gasteiger partial charge on any atom is -0.353 e. The van der Waals surface area contributed by atoms with Crippen LogP contribution >= 0.6 is 0 Å². The van der Waals surface area contributed by atoms with E-state index in [1.807, 2.05) is 0 Å². The SMILES string of the molecule is NCC1(CC(=O)NC2CCN(C(=O)c3ccccc3F)CC2)CCCCC1. The topological polar surface area (TPSA) is 75.4 Å². The Morgan fingerprint density at radius 3 is 2.44 bits per heavy atom. The normalized spacial score (nSPS) is 20.3. The molecule has 0 atom stereocenters. The summed E-state index contributed by atoms with van der Waals surface area (Å²) >= 11 is 0. The van der Waals surface area contributed by atoms with E-state index >= 15 is 0 Å². The molecule has 6 heteroatoms. The summed E-state index contributed by atoms with van der Waals surface area (Å²) in [5.74, 6) is -0.694. The molecule has 1 aliphatic carbocycles. The first kappa shape index (κ1) is 19.8. The molecule has 2 aliphatic rings. The highest BCUT2D eigenvalue weighted by Gasteiger charge is 2.34. The fourth-order valence-electron chi connectivity index (χ4n) is 4.41. The van der Waals surface area contributed by atoms with Gasteiger partial charge in [-0.05, 0) is 49.8 Å². The van der Waals surface area contributed by atoms with Crippen molar-refractivity contribution in [3.05, 3.63) is 35.6 Å². The van der Waals surface area contributed by atoms with Crippen molar-refractivity contribution >= 4 is 11.8 Å². The number of nitrogens with zero attached hydrogens (tertiary/aromatic N) is 1. The molecule has 3 N–H and O–H groups in total. The van der Waals surface area contributed by atoms with Gasteiger partial charge in [0.2, 0.25) is 5.91 Å². The molecule has 1 heterocycles. The molecule has 1 saturated carbocycles. The Balaban J connectivity index is 1.48. The number of hydrogen-bond donors (Lipinski definition) is 2. The van der Waals surface area contributed by atoms with Gasteiger partial charge in [-0.1, -0.05) is 31.4 Å². The van der Waals surface area contributed by atoms with Gasteiger partial charge in [-0.25, -0.2) is 4.39 Å². The number of carbonyl (C=O) groups excluding carboxylic acids is 2. The molecule has 0 radical (unpaired) electrons. The first-order valence-corrected chi connectivity index (χ1v) is 10.1. The van der Waals surface area contributed by atoms with E-state index in [0.29, 0.717) is 38.9 Å². The van der Waals surface area contributed by atoms with Crippen molar-refractivity contribution in [3.63, 3.8) is 0 Å². The summed E-state index contributed by atoms with van der Waals surface area (Å²) in [5, 5.41) is 3.13. The highest BCUT2D eigenvalue weighted by atomic mass is 19.1. The molecular formula is C21H30FN3O2. The van der Waals surface area contributed by atoms with Crippen molar-refractivity contribution in [1.82, 2.24) is 10.2 Å². The van der Waals surface area contributed by atoms with Crippen molar-refractivity contribution in [2.45, 2.75) is 57.4 Å². The van der Waals surface area contributed by atoms with E-state index in [-0.39, 0.29) is 28.8 Å². The molecule has 3 rings (SSSR count). The van der Waals surface area contributed by atoms with Crippen LogP contribution in [0.25, 0.3) is 0 Å². The second-order valence-electron chi connectivity index (χ2n) is 8.06. The number of nitrogens with two attached hydrogens (primary N) is 1. The Hall–Kier alpha value is -1.95. The fraction of sp³-hybridized carbons (Fsp3) is 0.619. The van der Waals surface area contributed by atoms with Crippen molar-refractivity contribution in [3.8, 4) is 0 Å². The summed E-state index contributed by atoms with van der Waals surface area (Å²) in [7, 11) is 0. The van der Waals surface area contributed by atoms with Gasteiger partial charge in [-0.2, -0.15) is 0 Å². The van der Waals surface area contributed by atoms with Gasteiger partial charge in [-0.3, -0.25) is 9.59 Å². The summed E-state index contributed by atoms with van der Waals surface area (Å²) < 4.78 is 13.8. The molecule has 0 aromatic heterocycles. The van der Waals surface area contributed by atoms with Gasteiger partial charge in [0.25, 0.3) is 5.91 Å². The van der Waals surface area contributed by atoms with Crippen LogP contribution in [0.4, 0.5) is 4.39 Å². The van der Waals surface area contributed by atoms with Crippen LogP contribution in [-0.2, 0) is 4.79 Å². The van der Waals surface area contributed by atoms with E-state index in [2.05, 4.69) is 5.32 Å². The number of carbonyl (C=O) groups is 2. The molecule has 27 heavy (non-hydrogen) atoms. The van der Waals surface area contributed by atoms with Crippen LogP contribution in [0.5, 0.6) is 0 Å². The summed E-state index contributed by atoms with van der Waals surface area (Å²) in [6, 6.07) is 6.14. The minimum absolute atomic E-state index is 0.0379. The van der Waals surface area contributed by atoms with Gasteiger partial charge in [0.15, 0.2) is 0 Å². The zero-order chi connectivity index (χ0) is 19.3. The average Bonchev–Trinajstić information content (AvgIpc) is 2.69. The number of piperidine rings is 1. The van der Waals surface area contributed by atoms with E-state index in [4.69, 9.17) is 5.73 Å². The standard InChI is InChI=1S/C21H30FN3O2/c22-18-7-3-2-6-17(18)20(27)25-12-8-16(9-13-25)24-19(26)14-21(15-23)10-4-1-5-11-21/h2-3,6-7,16H,1,4-5,8-15,23H2,(H,24,26). The number of hydrogen-bond acceptors (Lipinski definition) is 3. The Kier molecular flexibility index (Phi) is 6.47. The molecule has 2 fully saturated rings. The van der Waals surface area contributed by atoms with E-state index in [1.54, 1.807) is 17.0 Å². The number of rotatable bonds is 5. The van der Waals surface area contributed by atoms with Gasteiger partial charge in [0, 0.05) is 25.6 Å². The molecule has 1 saturated heterocycles. The lowest BCUT2D eigenvalue weighted by Gasteiger charge is -2.37. The number of benzene rings is 1. The second-order valence-corrected chi connectivity index (χ2v) is 8.06. The lowest BCUT2D eigenvalue weighted by atomic mass is 9.71. The number of amides is 2. The van der Waals surface area contributed by atoms with Crippen LogP contribution in [0, 0.1) is 11.2 Å². The highest BCUT2D eigenvalue weighted by molar-refractivity contribution is 5.94. The lowest BCUT2D eigenvalue weighted by molar-refractivity contribution is -0.124. The van der Waals surface area contributed by atoms with E-state index in [0.717, 1.165) is 25.7 Å². The van der Waals surface area contributed by atoms with E-state index < -0.39 is 5.82 Å². The van der Waals surface area contributed by atoms with Crippen LogP contribution in [0.2, 0.25) is 0 Å². The van der Waals surface area contributed by atoms with Crippen LogP contribution < -0.4 is 11.1 Å². The molecule has 1 aromatic carbocycles. The van der Waals surface area contributed by atoms with Crippen molar-refractivity contribution in [1.29, 1.82) is 0 Å². The zero-order valence-corrected chi connectivity index (χ0v) is 15.9. The summed E-state index contributed by atoms with van der Waals surface area (Å²) in [4.78, 5) is 26.7. The van der Waals surface area contributed by atoms with Gasteiger partial charge >= 0.3 is 0 Å². The second kappa shape index (κ2) is 8.83. The molecule has 148 valence electrons. The maximum Gasteiger partial charge on any atom is 0.256 e. The minimum atomic E-state index is -0.488. The molecule has 2 amide bonds. The smallest absolute Gasteiger partial charge is 0.256 e. The average molecular weight is 375 g/mol. The van der Waals surface area contributed by atoms with Gasteiger partial charge in [-0.15, -0.1) is 0 Å². The predicted octanol–water partition coefficient (Wildman–Crippen LogP) is 2.85. The predicted molar refractivity (Wildman–Crippen MR) is 103 cm³/mol. The monoisotopic (exact) mass is 375 g/mol. The number of halogens is 1. The molecule has 1 aliphatic heterocycles. The van der Waals surface area contributed by atoms with E-state index in [1.165, 1.54) is 18.6 Å². The van der Waals surface area contributed by atoms with Gasteiger partial charge in [0.05, 0.1) is 5.56 Å². The highest BCUT2D eigenvalue weighted by Crippen LogP contribution is 2.38. The van der Waals surface area contributed by atoms with E-state index in [9.17, 15) is 14.0 Å². The van der Waals surface area contributed by atoms with Crippen molar-refractivity contribution < 1.29 is 14.0 Å². The third-order valence-electron chi connectivity index (χ3n) is 6.13. The molecule has 5 nitrogen and oxygen atoms in total.